The molecule has 0 aromatic carbocycles. The van der Waals surface area contributed by atoms with Crippen molar-refractivity contribution in [1.29, 1.82) is 0 Å². The lowest BCUT2D eigenvalue weighted by Crippen LogP contribution is -2.29. The fraction of sp³-hybridized carbons (Fsp3) is 0.766. The molecule has 366 valence electrons. The number of aliphatic hydroxyl groups excluding tert-OH is 1. The van der Waals surface area contributed by atoms with Crippen molar-refractivity contribution in [1.82, 2.24) is 0 Å². The van der Waals surface area contributed by atoms with Gasteiger partial charge in [-0.1, -0.05) is 172 Å². The van der Waals surface area contributed by atoms with Crippen LogP contribution in [-0.4, -0.2) is 76.1 Å². The molecule has 14 nitrogen and oxygen atoms in total. The zero-order valence-electron chi connectivity index (χ0n) is 38.8. The van der Waals surface area contributed by atoms with Crippen molar-refractivity contribution in [2.45, 2.75) is 200 Å². The van der Waals surface area contributed by atoms with Gasteiger partial charge >= 0.3 is 27.6 Å². The van der Waals surface area contributed by atoms with Crippen LogP contribution in [0.25, 0.3) is 0 Å². The standard InChI is InChI=1S/C47H84O14P2/c1-4-6-28-34-43(48)35-30-25-21-17-13-11-15-19-23-27-32-37-47(51)61-45(41-60-63(55,56)59-39-44(49)38-58-62(52,53)54)40-57-46(50)36-31-26-22-18-14-10-8-7-9-12-16-20-24-29-33-42(3)5-2/h11,13,19,21,23,25,30,35,42,44-45,49H,4-10,12,14-18,20,22,24,26-29,31-34,36-41H2,1-3H3,(H,55,56)(H2,52,53,54)/b13-11-,23-19-,25-21-,35-30+/t42?,44-,45+/m0/s1. The number of unbranched alkanes of at least 4 members (excludes halogenated alkanes) is 16. The average molecular weight is 935 g/mol. The van der Waals surface area contributed by atoms with Gasteiger partial charge in [0.25, 0.3) is 0 Å². The van der Waals surface area contributed by atoms with Gasteiger partial charge < -0.3 is 29.3 Å². The molecule has 0 aliphatic heterocycles. The van der Waals surface area contributed by atoms with Gasteiger partial charge in [-0.2, -0.15) is 0 Å². The van der Waals surface area contributed by atoms with Crippen LogP contribution in [0.5, 0.6) is 0 Å². The number of phosphoric acid groups is 2. The molecular formula is C47H84O14P2. The predicted molar refractivity (Wildman–Crippen MR) is 249 cm³/mol. The van der Waals surface area contributed by atoms with E-state index in [1.54, 1.807) is 12.2 Å². The number of hydrogen-bond acceptors (Lipinski definition) is 11. The Morgan fingerprint density at radius 3 is 1.70 bits per heavy atom. The van der Waals surface area contributed by atoms with E-state index in [2.05, 4.69) is 29.8 Å². The van der Waals surface area contributed by atoms with Crippen LogP contribution in [0.3, 0.4) is 0 Å². The number of ketones is 1. The maximum absolute atomic E-state index is 12.7. The van der Waals surface area contributed by atoms with Gasteiger partial charge in [0, 0.05) is 19.3 Å². The highest BCUT2D eigenvalue weighted by Gasteiger charge is 2.28. The van der Waals surface area contributed by atoms with E-state index < -0.39 is 66.2 Å². The van der Waals surface area contributed by atoms with Crippen LogP contribution >= 0.6 is 15.6 Å². The van der Waals surface area contributed by atoms with E-state index in [9.17, 15) is 33.5 Å². The normalized spacial score (nSPS) is 14.8. The minimum Gasteiger partial charge on any atom is -0.462 e. The number of carbonyl (C=O) groups is 3. The van der Waals surface area contributed by atoms with Crippen molar-refractivity contribution < 1.29 is 66.3 Å². The molecule has 0 fully saturated rings. The van der Waals surface area contributed by atoms with E-state index in [-0.39, 0.29) is 18.6 Å². The molecule has 4 N–H and O–H groups in total. The molecule has 0 saturated heterocycles. The van der Waals surface area contributed by atoms with Crippen LogP contribution < -0.4 is 0 Å². The van der Waals surface area contributed by atoms with Crippen molar-refractivity contribution in [3.05, 3.63) is 48.6 Å². The van der Waals surface area contributed by atoms with Crippen molar-refractivity contribution in [3.8, 4) is 0 Å². The molecule has 0 saturated carbocycles. The van der Waals surface area contributed by atoms with E-state index in [1.807, 2.05) is 36.5 Å². The minimum atomic E-state index is -4.88. The van der Waals surface area contributed by atoms with E-state index >= 15 is 0 Å². The zero-order chi connectivity index (χ0) is 46.9. The summed E-state index contributed by atoms with van der Waals surface area (Å²) in [5.41, 5.74) is 0. The molecule has 0 rings (SSSR count). The highest BCUT2D eigenvalue weighted by atomic mass is 31.2. The fourth-order valence-corrected chi connectivity index (χ4v) is 7.37. The van der Waals surface area contributed by atoms with Crippen LogP contribution in [0.2, 0.25) is 0 Å². The molecule has 0 aromatic heterocycles. The molecule has 0 aliphatic rings. The van der Waals surface area contributed by atoms with Crippen molar-refractivity contribution in [3.63, 3.8) is 0 Å². The molecule has 0 bridgehead atoms. The highest BCUT2D eigenvalue weighted by Crippen LogP contribution is 2.43. The van der Waals surface area contributed by atoms with E-state index in [1.165, 1.54) is 77.0 Å². The lowest BCUT2D eigenvalue weighted by Gasteiger charge is -2.20. The van der Waals surface area contributed by atoms with E-state index in [0.717, 1.165) is 50.9 Å². The highest BCUT2D eigenvalue weighted by molar-refractivity contribution is 7.47. The summed E-state index contributed by atoms with van der Waals surface area (Å²) in [6.07, 6.45) is 38.0. The van der Waals surface area contributed by atoms with Gasteiger partial charge in [-0.25, -0.2) is 9.13 Å². The predicted octanol–water partition coefficient (Wildman–Crippen LogP) is 11.7. The van der Waals surface area contributed by atoms with E-state index in [0.29, 0.717) is 32.1 Å². The molecular weight excluding hydrogens is 850 g/mol. The van der Waals surface area contributed by atoms with Crippen molar-refractivity contribution in [2.75, 3.05) is 26.4 Å². The maximum atomic E-state index is 12.7. The molecule has 2 unspecified atom stereocenters. The van der Waals surface area contributed by atoms with Gasteiger partial charge in [0.2, 0.25) is 0 Å². The van der Waals surface area contributed by atoms with Crippen LogP contribution in [0, 0.1) is 5.92 Å². The van der Waals surface area contributed by atoms with Gasteiger partial charge in [-0.05, 0) is 50.5 Å². The SMILES string of the molecule is CCCCCC(=O)/C=C/C=C\C/C=C\C/C=C\CCCC(=O)O[C@H](COC(=O)CCCCCCCCCCCCCCCCC(C)CC)COP(=O)(O)OC[C@@H](O)COP(=O)(O)O. The lowest BCUT2D eigenvalue weighted by atomic mass is 9.99. The molecule has 0 amide bonds. The first-order chi connectivity index (χ1) is 30.2. The minimum absolute atomic E-state index is 0.0296. The van der Waals surface area contributed by atoms with Gasteiger partial charge in [0.1, 0.15) is 12.7 Å². The van der Waals surface area contributed by atoms with Crippen molar-refractivity contribution >= 4 is 33.4 Å². The monoisotopic (exact) mass is 935 g/mol. The Labute approximate surface area is 379 Å². The van der Waals surface area contributed by atoms with Crippen LogP contribution in [-0.2, 0) is 46.6 Å². The third-order valence-electron chi connectivity index (χ3n) is 10.2. The number of ether oxygens (including phenoxy) is 2. The molecule has 4 atom stereocenters. The molecule has 0 spiro atoms. The second-order valence-electron chi connectivity index (χ2n) is 16.3. The Morgan fingerprint density at radius 2 is 1.10 bits per heavy atom. The number of phosphoric ester groups is 2. The number of rotatable bonds is 44. The lowest BCUT2D eigenvalue weighted by molar-refractivity contribution is -0.161. The summed E-state index contributed by atoms with van der Waals surface area (Å²) in [7, 11) is -9.72. The topological polar surface area (TPSA) is 212 Å². The molecule has 0 aliphatic carbocycles. The van der Waals surface area contributed by atoms with Gasteiger partial charge in [-0.3, -0.25) is 28.0 Å². The number of esters is 2. The first-order valence-corrected chi connectivity index (χ1v) is 26.7. The third-order valence-corrected chi connectivity index (χ3v) is 11.7. The number of hydrogen-bond donors (Lipinski definition) is 4. The fourth-order valence-electron chi connectivity index (χ4n) is 6.21. The second-order valence-corrected chi connectivity index (χ2v) is 19.0. The Balaban J connectivity index is 4.58. The molecule has 63 heavy (non-hydrogen) atoms. The summed E-state index contributed by atoms with van der Waals surface area (Å²) in [6, 6.07) is 0. The smallest absolute Gasteiger partial charge is 0.462 e. The second kappa shape index (κ2) is 41.2. The van der Waals surface area contributed by atoms with Gasteiger partial charge in [0.05, 0.1) is 19.8 Å². The Kier molecular flexibility index (Phi) is 39.7. The molecule has 0 aromatic rings. The summed E-state index contributed by atoms with van der Waals surface area (Å²) in [6.45, 7) is 3.90. The summed E-state index contributed by atoms with van der Waals surface area (Å²) in [4.78, 5) is 64.5. The quantitative estimate of drug-likeness (QED) is 0.0112. The number of aliphatic hydroxyl groups is 1. The zero-order valence-corrected chi connectivity index (χ0v) is 40.6. The summed E-state index contributed by atoms with van der Waals surface area (Å²) in [5.74, 6) is -0.128. The first-order valence-electron chi connectivity index (χ1n) is 23.7. The van der Waals surface area contributed by atoms with Crippen LogP contribution in [0.1, 0.15) is 188 Å². The van der Waals surface area contributed by atoms with Gasteiger partial charge in [0.15, 0.2) is 11.9 Å². The maximum Gasteiger partial charge on any atom is 0.472 e. The Morgan fingerprint density at radius 1 is 0.571 bits per heavy atom. The van der Waals surface area contributed by atoms with Crippen molar-refractivity contribution in [2.24, 2.45) is 5.92 Å². The summed E-state index contributed by atoms with van der Waals surface area (Å²) >= 11 is 0. The largest absolute Gasteiger partial charge is 0.472 e. The molecule has 0 radical (unpaired) electrons. The van der Waals surface area contributed by atoms with Crippen LogP contribution in [0.4, 0.5) is 0 Å². The summed E-state index contributed by atoms with van der Waals surface area (Å²) < 4.78 is 47.8. The van der Waals surface area contributed by atoms with E-state index in [4.69, 9.17) is 23.8 Å². The molecule has 16 heteroatoms. The number of allylic oxidation sites excluding steroid dienone is 8. The van der Waals surface area contributed by atoms with Gasteiger partial charge in [-0.15, -0.1) is 0 Å². The van der Waals surface area contributed by atoms with Crippen LogP contribution in [0.15, 0.2) is 48.6 Å². The Hall–Kier alpha value is -2.25. The third kappa shape index (κ3) is 44.7. The average Bonchev–Trinajstić information content (AvgIpc) is 3.24. The Bertz CT molecular complexity index is 1380. The first kappa shape index (κ1) is 60.8. The number of carbonyl (C=O) groups excluding carboxylic acids is 3. The summed E-state index contributed by atoms with van der Waals surface area (Å²) in [5, 5.41) is 9.76. The molecule has 0 heterocycles.